The van der Waals surface area contributed by atoms with E-state index in [1.54, 1.807) is 6.92 Å². The Morgan fingerprint density at radius 1 is 1.40 bits per heavy atom. The molecule has 1 unspecified atom stereocenters. The Bertz CT molecular complexity index is 347. The molecule has 0 aliphatic heterocycles. The van der Waals surface area contributed by atoms with E-state index < -0.39 is 17.4 Å². The zero-order chi connectivity index (χ0) is 11.7. The summed E-state index contributed by atoms with van der Waals surface area (Å²) in [6.07, 6.45) is -2.12. The lowest BCUT2D eigenvalue weighted by Crippen LogP contribution is -2.35. The smallest absolute Gasteiger partial charge is 0.322 e. The van der Waals surface area contributed by atoms with E-state index in [4.69, 9.17) is 5.73 Å². The van der Waals surface area contributed by atoms with Gasteiger partial charge in [-0.2, -0.15) is 13.2 Å². The number of nitrogens with two attached hydrogens (primary N) is 1. The van der Waals surface area contributed by atoms with Gasteiger partial charge in [0.25, 0.3) is 0 Å². The highest BCUT2D eigenvalue weighted by molar-refractivity contribution is 5.26. The zero-order valence-corrected chi connectivity index (χ0v) is 8.47. The maximum absolute atomic E-state index is 12.6. The van der Waals surface area contributed by atoms with Gasteiger partial charge in [-0.1, -0.05) is 6.92 Å². The summed E-state index contributed by atoms with van der Waals surface area (Å²) in [4.78, 5) is 6.83. The van der Waals surface area contributed by atoms with Gasteiger partial charge in [0.1, 0.15) is 6.33 Å². The van der Waals surface area contributed by atoms with E-state index in [9.17, 15) is 13.2 Å². The van der Waals surface area contributed by atoms with E-state index in [0.29, 0.717) is 6.42 Å². The topological polar surface area (TPSA) is 51.8 Å². The number of aromatic nitrogens is 2. The first-order valence-electron chi connectivity index (χ1n) is 4.45. The first-order chi connectivity index (χ1) is 6.79. The SMILES string of the molecule is CCC(C)(N)c1cncnc1C(F)(F)F. The van der Waals surface area contributed by atoms with Crippen LogP contribution in [-0.2, 0) is 11.7 Å². The highest BCUT2D eigenvalue weighted by atomic mass is 19.4. The van der Waals surface area contributed by atoms with Gasteiger partial charge in [0, 0.05) is 17.3 Å². The molecule has 1 rings (SSSR count). The van der Waals surface area contributed by atoms with Crippen molar-refractivity contribution in [2.75, 3.05) is 0 Å². The second-order valence-corrected chi connectivity index (χ2v) is 3.55. The minimum atomic E-state index is -4.49. The molecule has 84 valence electrons. The van der Waals surface area contributed by atoms with Gasteiger partial charge in [-0.3, -0.25) is 0 Å². The van der Waals surface area contributed by atoms with Gasteiger partial charge in [-0.05, 0) is 13.3 Å². The van der Waals surface area contributed by atoms with E-state index >= 15 is 0 Å². The Morgan fingerprint density at radius 2 is 2.00 bits per heavy atom. The third-order valence-electron chi connectivity index (χ3n) is 2.33. The maximum atomic E-state index is 12.6. The van der Waals surface area contributed by atoms with Crippen LogP contribution >= 0.6 is 0 Å². The van der Waals surface area contributed by atoms with Crippen LogP contribution in [0.4, 0.5) is 13.2 Å². The molecule has 3 nitrogen and oxygen atoms in total. The lowest BCUT2D eigenvalue weighted by molar-refractivity contribution is -0.142. The number of hydrogen-bond donors (Lipinski definition) is 1. The van der Waals surface area contributed by atoms with Gasteiger partial charge in [-0.25, -0.2) is 9.97 Å². The molecular formula is C9H12F3N3. The van der Waals surface area contributed by atoms with Crippen molar-refractivity contribution >= 4 is 0 Å². The van der Waals surface area contributed by atoms with Crippen molar-refractivity contribution in [1.29, 1.82) is 0 Å². The molecule has 0 aliphatic rings. The summed E-state index contributed by atoms with van der Waals surface area (Å²) in [6.45, 7) is 3.24. The monoisotopic (exact) mass is 219 g/mol. The summed E-state index contributed by atoms with van der Waals surface area (Å²) < 4.78 is 37.7. The van der Waals surface area contributed by atoms with Crippen LogP contribution in [0.5, 0.6) is 0 Å². The van der Waals surface area contributed by atoms with Crippen molar-refractivity contribution in [3.63, 3.8) is 0 Å². The van der Waals surface area contributed by atoms with E-state index in [1.165, 1.54) is 6.92 Å². The molecule has 0 radical (unpaired) electrons. The quantitative estimate of drug-likeness (QED) is 0.828. The first-order valence-corrected chi connectivity index (χ1v) is 4.45. The van der Waals surface area contributed by atoms with Crippen LogP contribution in [0.1, 0.15) is 31.5 Å². The molecule has 0 saturated carbocycles. The molecule has 0 amide bonds. The molecule has 1 aromatic heterocycles. The minimum Gasteiger partial charge on any atom is -0.322 e. The molecule has 1 heterocycles. The van der Waals surface area contributed by atoms with Gasteiger partial charge in [0.05, 0.1) is 0 Å². The van der Waals surface area contributed by atoms with Gasteiger partial charge in [-0.15, -0.1) is 0 Å². The molecule has 0 bridgehead atoms. The summed E-state index contributed by atoms with van der Waals surface area (Å²) in [6, 6.07) is 0. The van der Waals surface area contributed by atoms with Gasteiger partial charge >= 0.3 is 6.18 Å². The Balaban J connectivity index is 3.31. The largest absolute Gasteiger partial charge is 0.433 e. The molecule has 15 heavy (non-hydrogen) atoms. The van der Waals surface area contributed by atoms with Crippen LogP contribution in [0, 0.1) is 0 Å². The summed E-state index contributed by atoms with van der Waals surface area (Å²) >= 11 is 0. The fourth-order valence-corrected chi connectivity index (χ4v) is 1.16. The maximum Gasteiger partial charge on any atom is 0.433 e. The second kappa shape index (κ2) is 3.77. The Kier molecular flexibility index (Phi) is 2.99. The highest BCUT2D eigenvalue weighted by Gasteiger charge is 2.39. The van der Waals surface area contributed by atoms with Crippen LogP contribution in [0.15, 0.2) is 12.5 Å². The van der Waals surface area contributed by atoms with E-state index in [0.717, 1.165) is 12.5 Å². The lowest BCUT2D eigenvalue weighted by Gasteiger charge is -2.25. The summed E-state index contributed by atoms with van der Waals surface area (Å²) in [7, 11) is 0. The third kappa shape index (κ3) is 2.44. The fourth-order valence-electron chi connectivity index (χ4n) is 1.16. The predicted octanol–water partition coefficient (Wildman–Crippen LogP) is 2.08. The van der Waals surface area contributed by atoms with Crippen molar-refractivity contribution in [3.05, 3.63) is 23.8 Å². The van der Waals surface area contributed by atoms with E-state index in [1.807, 2.05) is 0 Å². The molecule has 1 aromatic rings. The summed E-state index contributed by atoms with van der Waals surface area (Å²) in [5, 5.41) is 0. The number of halogens is 3. The van der Waals surface area contributed by atoms with Crippen molar-refractivity contribution in [1.82, 2.24) is 9.97 Å². The molecule has 0 aliphatic carbocycles. The Labute approximate surface area is 85.5 Å². The van der Waals surface area contributed by atoms with Crippen LogP contribution < -0.4 is 5.73 Å². The zero-order valence-electron chi connectivity index (χ0n) is 8.47. The van der Waals surface area contributed by atoms with Crippen molar-refractivity contribution in [2.45, 2.75) is 32.0 Å². The van der Waals surface area contributed by atoms with Crippen molar-refractivity contribution in [3.8, 4) is 0 Å². The number of rotatable bonds is 2. The molecule has 0 saturated heterocycles. The van der Waals surface area contributed by atoms with Crippen LogP contribution in [0.25, 0.3) is 0 Å². The van der Waals surface area contributed by atoms with Crippen LogP contribution in [-0.4, -0.2) is 9.97 Å². The number of nitrogens with zero attached hydrogens (tertiary/aromatic N) is 2. The molecule has 1 atom stereocenters. The minimum absolute atomic E-state index is 0.0694. The van der Waals surface area contributed by atoms with Crippen LogP contribution in [0.2, 0.25) is 0 Å². The second-order valence-electron chi connectivity index (χ2n) is 3.55. The summed E-state index contributed by atoms with van der Waals surface area (Å²) in [5.74, 6) is 0. The third-order valence-corrected chi connectivity index (χ3v) is 2.33. The van der Waals surface area contributed by atoms with Crippen molar-refractivity contribution in [2.24, 2.45) is 5.73 Å². The van der Waals surface area contributed by atoms with Gasteiger partial charge in [0.2, 0.25) is 0 Å². The molecule has 2 N–H and O–H groups in total. The van der Waals surface area contributed by atoms with Gasteiger partial charge in [0.15, 0.2) is 5.69 Å². The van der Waals surface area contributed by atoms with Crippen molar-refractivity contribution < 1.29 is 13.2 Å². The average Bonchev–Trinajstić information content (AvgIpc) is 2.16. The molecule has 0 aromatic carbocycles. The van der Waals surface area contributed by atoms with Gasteiger partial charge < -0.3 is 5.73 Å². The average molecular weight is 219 g/mol. The molecule has 0 spiro atoms. The molecule has 6 heteroatoms. The molecule has 0 fully saturated rings. The van der Waals surface area contributed by atoms with Crippen LogP contribution in [0.3, 0.4) is 0 Å². The van der Waals surface area contributed by atoms with E-state index in [2.05, 4.69) is 9.97 Å². The highest BCUT2D eigenvalue weighted by Crippen LogP contribution is 2.34. The summed E-state index contributed by atoms with van der Waals surface area (Å²) in [5.41, 5.74) is 3.67. The standard InChI is InChI=1S/C9H12F3N3/c1-3-8(2,13)6-4-14-5-15-7(6)9(10,11)12/h4-5H,3,13H2,1-2H3. The Morgan fingerprint density at radius 3 is 2.47 bits per heavy atom. The fraction of sp³-hybridized carbons (Fsp3) is 0.556. The Hall–Kier alpha value is -1.17. The normalized spacial score (nSPS) is 16.1. The number of alkyl halides is 3. The number of hydrogen-bond acceptors (Lipinski definition) is 3. The molecular weight excluding hydrogens is 207 g/mol. The predicted molar refractivity (Wildman–Crippen MR) is 48.9 cm³/mol. The first kappa shape index (κ1) is 11.9. The lowest BCUT2D eigenvalue weighted by atomic mass is 9.90. The van der Waals surface area contributed by atoms with E-state index in [-0.39, 0.29) is 5.56 Å².